The van der Waals surface area contributed by atoms with Gasteiger partial charge in [0.15, 0.2) is 5.78 Å². The fourth-order valence-electron chi connectivity index (χ4n) is 3.18. The number of ether oxygens (including phenoxy) is 1. The van der Waals surface area contributed by atoms with Crippen LogP contribution in [0.1, 0.15) is 39.9 Å². The molecule has 0 atom stereocenters. The highest BCUT2D eigenvalue weighted by Gasteiger charge is 2.11. The molecule has 0 saturated carbocycles. The van der Waals surface area contributed by atoms with Crippen molar-refractivity contribution in [2.75, 3.05) is 0 Å². The van der Waals surface area contributed by atoms with E-state index < -0.39 is 5.97 Å². The SMILES string of the molecule is N#Cc1cc(CC(=O)O)ccc1Oc1ccc(C(=O)CCCc2ccc(Cl)cc2Cl)cc1. The summed E-state index contributed by atoms with van der Waals surface area (Å²) in [5, 5.41) is 19.4. The molecule has 0 aliphatic carbocycles. The van der Waals surface area contributed by atoms with Gasteiger partial charge in [-0.05, 0) is 72.5 Å². The quantitative estimate of drug-likeness (QED) is 0.363. The Hall–Kier alpha value is -3.33. The number of Topliss-reactive ketones (excluding diaryl/α,β-unsaturated/α-hetero) is 1. The average Bonchev–Trinajstić information content (AvgIpc) is 2.76. The summed E-state index contributed by atoms with van der Waals surface area (Å²) in [4.78, 5) is 23.3. The molecule has 0 aromatic heterocycles. The molecule has 7 heteroatoms. The molecule has 3 aromatic carbocycles. The number of carboxylic acids is 1. The van der Waals surface area contributed by atoms with Crippen LogP contribution in [0.5, 0.6) is 11.5 Å². The summed E-state index contributed by atoms with van der Waals surface area (Å²) in [6.45, 7) is 0. The standard InChI is InChI=1S/C25H19Cl2NO4/c26-20-8-5-17(22(27)14-20)2-1-3-23(29)18-6-9-21(10-7-18)32-24-11-4-16(13-25(30)31)12-19(24)15-28/h4-12,14H,1-3,13H2,(H,30,31). The second-order valence-electron chi connectivity index (χ2n) is 7.15. The van der Waals surface area contributed by atoms with Gasteiger partial charge in [-0.15, -0.1) is 0 Å². The number of carboxylic acid groups (broad SMARTS) is 1. The molecule has 32 heavy (non-hydrogen) atoms. The Balaban J connectivity index is 1.59. The summed E-state index contributed by atoms with van der Waals surface area (Å²) in [7, 11) is 0. The number of ketones is 1. The summed E-state index contributed by atoms with van der Waals surface area (Å²) in [6.07, 6.45) is 1.54. The van der Waals surface area contributed by atoms with Crippen molar-refractivity contribution in [2.24, 2.45) is 0 Å². The number of halogens is 2. The molecule has 0 radical (unpaired) electrons. The molecule has 162 valence electrons. The van der Waals surface area contributed by atoms with Crippen molar-refractivity contribution < 1.29 is 19.4 Å². The van der Waals surface area contributed by atoms with E-state index in [2.05, 4.69) is 0 Å². The van der Waals surface area contributed by atoms with Crippen LogP contribution in [0.2, 0.25) is 10.0 Å². The van der Waals surface area contributed by atoms with Crippen LogP contribution in [0, 0.1) is 11.3 Å². The van der Waals surface area contributed by atoms with Gasteiger partial charge in [0.05, 0.1) is 12.0 Å². The predicted octanol–water partition coefficient (Wildman–Crippen LogP) is 6.49. The third kappa shape index (κ3) is 6.34. The fourth-order valence-corrected chi connectivity index (χ4v) is 3.69. The normalized spacial score (nSPS) is 10.4. The van der Waals surface area contributed by atoms with E-state index in [1.807, 2.05) is 12.1 Å². The summed E-state index contributed by atoms with van der Waals surface area (Å²) in [5.74, 6) is -0.172. The van der Waals surface area contributed by atoms with Crippen molar-refractivity contribution in [1.29, 1.82) is 5.26 Å². The van der Waals surface area contributed by atoms with E-state index in [0.717, 1.165) is 5.56 Å². The Kier molecular flexibility index (Phi) is 7.88. The number of hydrogen-bond donors (Lipinski definition) is 1. The highest BCUT2D eigenvalue weighted by atomic mass is 35.5. The van der Waals surface area contributed by atoms with Crippen LogP contribution in [0.3, 0.4) is 0 Å². The number of aryl methyl sites for hydroxylation is 1. The summed E-state index contributed by atoms with van der Waals surface area (Å²) >= 11 is 12.1. The van der Waals surface area contributed by atoms with E-state index in [9.17, 15) is 14.9 Å². The Morgan fingerprint density at radius 1 is 1.00 bits per heavy atom. The number of carbonyl (C=O) groups excluding carboxylic acids is 1. The van der Waals surface area contributed by atoms with Crippen molar-refractivity contribution >= 4 is 35.0 Å². The molecule has 0 aliphatic rings. The molecule has 0 amide bonds. The number of aliphatic carboxylic acids is 1. The van der Waals surface area contributed by atoms with E-state index in [4.69, 9.17) is 33.0 Å². The maximum absolute atomic E-state index is 12.5. The molecule has 3 aromatic rings. The molecule has 0 fully saturated rings. The van der Waals surface area contributed by atoms with Gasteiger partial charge in [0, 0.05) is 22.0 Å². The Morgan fingerprint density at radius 2 is 1.75 bits per heavy atom. The minimum Gasteiger partial charge on any atom is -0.481 e. The Morgan fingerprint density at radius 3 is 2.41 bits per heavy atom. The second kappa shape index (κ2) is 10.8. The lowest BCUT2D eigenvalue weighted by Crippen LogP contribution is -2.01. The molecule has 1 N–H and O–H groups in total. The zero-order valence-electron chi connectivity index (χ0n) is 17.0. The number of carbonyl (C=O) groups is 2. The zero-order chi connectivity index (χ0) is 23.1. The van der Waals surface area contributed by atoms with Gasteiger partial charge in [-0.2, -0.15) is 5.26 Å². The minimum atomic E-state index is -0.973. The number of rotatable bonds is 9. The Bertz CT molecular complexity index is 1180. The van der Waals surface area contributed by atoms with Crippen molar-refractivity contribution in [2.45, 2.75) is 25.7 Å². The third-order valence-electron chi connectivity index (χ3n) is 4.79. The first-order chi connectivity index (χ1) is 15.4. The van der Waals surface area contributed by atoms with Crippen molar-refractivity contribution in [3.05, 3.63) is 93.0 Å². The highest BCUT2D eigenvalue weighted by Crippen LogP contribution is 2.27. The molecular formula is C25H19Cl2NO4. The third-order valence-corrected chi connectivity index (χ3v) is 5.38. The molecule has 3 rings (SSSR count). The van der Waals surface area contributed by atoms with Crippen LogP contribution in [0.4, 0.5) is 0 Å². The lowest BCUT2D eigenvalue weighted by atomic mass is 10.0. The van der Waals surface area contributed by atoms with E-state index in [1.54, 1.807) is 48.5 Å². The molecule has 0 saturated heterocycles. The van der Waals surface area contributed by atoms with Gasteiger partial charge < -0.3 is 9.84 Å². The van der Waals surface area contributed by atoms with E-state index in [0.29, 0.717) is 51.9 Å². The topological polar surface area (TPSA) is 87.4 Å². The zero-order valence-corrected chi connectivity index (χ0v) is 18.5. The molecule has 0 unspecified atom stereocenters. The van der Waals surface area contributed by atoms with Crippen molar-refractivity contribution in [3.63, 3.8) is 0 Å². The van der Waals surface area contributed by atoms with Gasteiger partial charge >= 0.3 is 5.97 Å². The van der Waals surface area contributed by atoms with Crippen LogP contribution in [0.25, 0.3) is 0 Å². The van der Waals surface area contributed by atoms with Gasteiger partial charge in [-0.3, -0.25) is 9.59 Å². The number of nitriles is 1. The minimum absolute atomic E-state index is 0.0115. The number of hydrogen-bond acceptors (Lipinski definition) is 4. The summed E-state index contributed by atoms with van der Waals surface area (Å²) in [5.41, 5.74) is 2.28. The van der Waals surface area contributed by atoms with Gasteiger partial charge in [-0.1, -0.05) is 35.3 Å². The van der Waals surface area contributed by atoms with Crippen LogP contribution in [0.15, 0.2) is 60.7 Å². The van der Waals surface area contributed by atoms with Gasteiger partial charge in [-0.25, -0.2) is 0 Å². The summed E-state index contributed by atoms with van der Waals surface area (Å²) in [6, 6.07) is 18.7. The smallest absolute Gasteiger partial charge is 0.307 e. The Labute approximate surface area is 195 Å². The van der Waals surface area contributed by atoms with Crippen molar-refractivity contribution in [1.82, 2.24) is 0 Å². The molecule has 0 heterocycles. The number of benzene rings is 3. The number of nitrogens with zero attached hydrogens (tertiary/aromatic N) is 1. The molecule has 0 bridgehead atoms. The van der Waals surface area contributed by atoms with Crippen LogP contribution in [-0.2, 0) is 17.6 Å². The first kappa shape index (κ1) is 23.3. The molecule has 5 nitrogen and oxygen atoms in total. The largest absolute Gasteiger partial charge is 0.481 e. The first-order valence-electron chi connectivity index (χ1n) is 9.85. The van der Waals surface area contributed by atoms with Crippen LogP contribution < -0.4 is 4.74 Å². The fraction of sp³-hybridized carbons (Fsp3) is 0.160. The maximum atomic E-state index is 12.5. The average molecular weight is 468 g/mol. The molecule has 0 aliphatic heterocycles. The highest BCUT2D eigenvalue weighted by molar-refractivity contribution is 6.35. The lowest BCUT2D eigenvalue weighted by Gasteiger charge is -2.09. The van der Waals surface area contributed by atoms with Gasteiger partial charge in [0.25, 0.3) is 0 Å². The van der Waals surface area contributed by atoms with Crippen LogP contribution in [-0.4, -0.2) is 16.9 Å². The monoisotopic (exact) mass is 467 g/mol. The van der Waals surface area contributed by atoms with E-state index in [-0.39, 0.29) is 17.8 Å². The van der Waals surface area contributed by atoms with Gasteiger partial charge in [0.1, 0.15) is 17.6 Å². The maximum Gasteiger partial charge on any atom is 0.307 e. The summed E-state index contributed by atoms with van der Waals surface area (Å²) < 4.78 is 5.75. The van der Waals surface area contributed by atoms with Gasteiger partial charge in [0.2, 0.25) is 0 Å². The molecule has 0 spiro atoms. The van der Waals surface area contributed by atoms with E-state index in [1.165, 1.54) is 6.07 Å². The predicted molar refractivity (Wildman–Crippen MR) is 123 cm³/mol. The van der Waals surface area contributed by atoms with Crippen molar-refractivity contribution in [3.8, 4) is 17.6 Å². The van der Waals surface area contributed by atoms with E-state index >= 15 is 0 Å². The first-order valence-corrected chi connectivity index (χ1v) is 10.6. The lowest BCUT2D eigenvalue weighted by molar-refractivity contribution is -0.136. The van der Waals surface area contributed by atoms with Crippen LogP contribution >= 0.6 is 23.2 Å². The molecular weight excluding hydrogens is 449 g/mol. The second-order valence-corrected chi connectivity index (χ2v) is 8.00.